The number of allylic oxidation sites excluding steroid dienone is 10. The number of hydrogen-bond donors (Lipinski definition) is 1. The summed E-state index contributed by atoms with van der Waals surface area (Å²) < 4.78 is 17.3. The molecule has 0 bridgehead atoms. The number of ether oxygens (including phenoxy) is 3. The number of carboxylic acid groups (broad SMARTS) is 1. The van der Waals surface area contributed by atoms with Crippen LogP contribution in [0.3, 0.4) is 0 Å². The number of carboxylic acids is 1. The van der Waals surface area contributed by atoms with Crippen molar-refractivity contribution in [3.05, 3.63) is 60.8 Å². The number of likely N-dealkylation sites (N-methyl/N-ethyl adjacent to an activating group) is 1. The van der Waals surface area contributed by atoms with E-state index in [4.69, 9.17) is 14.2 Å². The van der Waals surface area contributed by atoms with Gasteiger partial charge in [-0.25, -0.2) is 4.79 Å². The molecule has 0 saturated carbocycles. The fraction of sp³-hybridized carbons (Fsp3) is 0.776. The van der Waals surface area contributed by atoms with Crippen molar-refractivity contribution >= 4 is 17.9 Å². The summed E-state index contributed by atoms with van der Waals surface area (Å²) >= 11 is 0. The number of rotatable bonds is 49. The largest absolute Gasteiger partial charge is 0.477 e. The first-order valence-corrected chi connectivity index (χ1v) is 27.3. The first-order valence-electron chi connectivity index (χ1n) is 27.3. The monoisotopic (exact) mass is 927 g/mol. The molecule has 0 saturated heterocycles. The molecule has 2 unspecified atom stereocenters. The number of unbranched alkanes of at least 4 members (excludes halogenated alkanes) is 25. The molecule has 0 aliphatic rings. The minimum absolute atomic E-state index is 0.0437. The molecule has 0 spiro atoms. The summed E-state index contributed by atoms with van der Waals surface area (Å²) in [6, 6.07) is -0.625. The Bertz CT molecular complexity index is 1260. The van der Waals surface area contributed by atoms with E-state index in [1.165, 1.54) is 141 Å². The molecular weight excluding hydrogens is 823 g/mol. The topological polar surface area (TPSA) is 99.1 Å². The Labute approximate surface area is 407 Å². The number of hydrogen-bond acceptors (Lipinski definition) is 6. The first kappa shape index (κ1) is 63.0. The van der Waals surface area contributed by atoms with Crippen LogP contribution in [-0.2, 0) is 28.6 Å². The zero-order valence-corrected chi connectivity index (χ0v) is 43.6. The van der Waals surface area contributed by atoms with Crippen LogP contribution in [0.25, 0.3) is 0 Å². The molecule has 1 N–H and O–H groups in total. The quantitative estimate of drug-likeness (QED) is 0.0281. The van der Waals surface area contributed by atoms with Crippen molar-refractivity contribution in [2.45, 2.75) is 251 Å². The van der Waals surface area contributed by atoms with Crippen LogP contribution in [0.5, 0.6) is 0 Å². The second-order valence-corrected chi connectivity index (χ2v) is 19.5. The van der Waals surface area contributed by atoms with Gasteiger partial charge < -0.3 is 23.8 Å². The zero-order chi connectivity index (χ0) is 48.4. The van der Waals surface area contributed by atoms with Gasteiger partial charge in [-0.2, -0.15) is 0 Å². The van der Waals surface area contributed by atoms with Crippen molar-refractivity contribution in [1.29, 1.82) is 0 Å². The molecule has 0 radical (unpaired) electrons. The van der Waals surface area contributed by atoms with E-state index in [1.807, 2.05) is 21.1 Å². The number of esters is 2. The Morgan fingerprint density at radius 3 is 1.21 bits per heavy atom. The highest BCUT2D eigenvalue weighted by molar-refractivity contribution is 5.72. The van der Waals surface area contributed by atoms with E-state index in [-0.39, 0.29) is 42.7 Å². The Morgan fingerprint density at radius 2 is 0.803 bits per heavy atom. The molecule has 2 atom stereocenters. The lowest BCUT2D eigenvalue weighted by Gasteiger charge is -2.31. The average Bonchev–Trinajstić information content (AvgIpc) is 3.28. The normalized spacial score (nSPS) is 13.3. The maximum absolute atomic E-state index is 12.8. The van der Waals surface area contributed by atoms with E-state index in [0.29, 0.717) is 19.3 Å². The smallest absolute Gasteiger partial charge is 0.362 e. The summed E-state index contributed by atoms with van der Waals surface area (Å²) in [5.74, 6) is -1.51. The molecule has 0 heterocycles. The van der Waals surface area contributed by atoms with Crippen LogP contribution in [0, 0.1) is 0 Å². The van der Waals surface area contributed by atoms with E-state index >= 15 is 0 Å². The predicted molar refractivity (Wildman–Crippen MR) is 280 cm³/mol. The molecule has 8 nitrogen and oxygen atoms in total. The Balaban J connectivity index is 4.28. The highest BCUT2D eigenvalue weighted by Crippen LogP contribution is 2.16. The van der Waals surface area contributed by atoms with Crippen LogP contribution < -0.4 is 0 Å². The summed E-state index contributed by atoms with van der Waals surface area (Å²) in [5, 5.41) is 9.66. The lowest BCUT2D eigenvalue weighted by atomic mass is 10.0. The molecule has 0 rings (SSSR count). The Kier molecular flexibility index (Phi) is 46.3. The van der Waals surface area contributed by atoms with Crippen molar-refractivity contribution in [2.75, 3.05) is 41.0 Å². The SMILES string of the molecule is CCCCC/C=C/C/C=C/C/C=C/C/C=C/C/C=C/CCCCC(=O)OC(COCCC(C(=O)O)[N+](C)(C)C)COC(=O)CCCCCCCCCCCCCCCCCCCCCCC. The van der Waals surface area contributed by atoms with Crippen LogP contribution >= 0.6 is 0 Å². The van der Waals surface area contributed by atoms with Crippen molar-refractivity contribution in [2.24, 2.45) is 0 Å². The van der Waals surface area contributed by atoms with E-state index in [9.17, 15) is 19.5 Å². The van der Waals surface area contributed by atoms with Gasteiger partial charge in [0.2, 0.25) is 0 Å². The maximum Gasteiger partial charge on any atom is 0.362 e. The highest BCUT2D eigenvalue weighted by atomic mass is 16.6. The van der Waals surface area contributed by atoms with Crippen molar-refractivity contribution in [3.63, 3.8) is 0 Å². The van der Waals surface area contributed by atoms with Gasteiger partial charge in [-0.15, -0.1) is 0 Å². The predicted octanol–water partition coefficient (Wildman–Crippen LogP) is 16.1. The molecular formula is C58H104NO7+. The fourth-order valence-corrected chi connectivity index (χ4v) is 7.94. The molecule has 0 aliphatic carbocycles. The van der Waals surface area contributed by atoms with Crippen LogP contribution in [0.4, 0.5) is 0 Å². The number of quaternary nitrogens is 1. The van der Waals surface area contributed by atoms with Crippen LogP contribution in [0.2, 0.25) is 0 Å². The summed E-state index contributed by atoms with van der Waals surface area (Å²) in [6.07, 6.45) is 61.4. The van der Waals surface area contributed by atoms with Gasteiger partial charge >= 0.3 is 17.9 Å². The van der Waals surface area contributed by atoms with Gasteiger partial charge in [0.15, 0.2) is 12.1 Å². The third kappa shape index (κ3) is 46.2. The Morgan fingerprint density at radius 1 is 0.455 bits per heavy atom. The van der Waals surface area contributed by atoms with Crippen molar-refractivity contribution in [1.82, 2.24) is 0 Å². The van der Waals surface area contributed by atoms with E-state index < -0.39 is 18.1 Å². The minimum Gasteiger partial charge on any atom is -0.477 e. The molecule has 0 aromatic carbocycles. The Hall–Kier alpha value is -2.97. The van der Waals surface area contributed by atoms with Crippen LogP contribution in [-0.4, -0.2) is 80.6 Å². The summed E-state index contributed by atoms with van der Waals surface area (Å²) in [4.78, 5) is 37.2. The lowest BCUT2D eigenvalue weighted by molar-refractivity contribution is -0.887. The lowest BCUT2D eigenvalue weighted by Crippen LogP contribution is -2.50. The van der Waals surface area contributed by atoms with Gasteiger partial charge in [0.25, 0.3) is 0 Å². The first-order chi connectivity index (χ1) is 32.1. The number of aliphatic carboxylic acids is 1. The van der Waals surface area contributed by atoms with E-state index in [1.54, 1.807) is 0 Å². The minimum atomic E-state index is -0.881. The third-order valence-electron chi connectivity index (χ3n) is 12.2. The summed E-state index contributed by atoms with van der Waals surface area (Å²) in [7, 11) is 5.52. The molecule has 0 aliphatic heterocycles. The molecule has 8 heteroatoms. The van der Waals surface area contributed by atoms with Gasteiger partial charge in [-0.3, -0.25) is 9.59 Å². The molecule has 0 fully saturated rings. The van der Waals surface area contributed by atoms with Gasteiger partial charge in [-0.1, -0.05) is 216 Å². The van der Waals surface area contributed by atoms with E-state index in [2.05, 4.69) is 74.6 Å². The molecule has 0 aromatic heterocycles. The number of carbonyl (C=O) groups is 3. The summed E-state index contributed by atoms with van der Waals surface area (Å²) in [5.41, 5.74) is 0. The van der Waals surface area contributed by atoms with Gasteiger partial charge in [0, 0.05) is 19.3 Å². The van der Waals surface area contributed by atoms with Crippen molar-refractivity contribution in [3.8, 4) is 0 Å². The molecule has 0 aromatic rings. The van der Waals surface area contributed by atoms with Gasteiger partial charge in [-0.05, 0) is 64.2 Å². The standard InChI is InChI=1S/C58H103NO7/c1-6-8-10-12-14-16-18-20-22-24-26-28-30-32-34-36-38-40-42-44-46-48-56(60)65-53-54(52-64-51-50-55(58(62)63)59(3,4)5)66-57(61)49-47-45-43-41-39-37-35-33-31-29-27-25-23-21-19-17-15-13-11-9-7-2/h15,17,21,23,27,29,33,35,39,41,54-55H,6-14,16,18-20,22,24-26,28,30-32,34,36-38,40,42-53H2,1-5H3/p+1/b17-15+,23-21+,29-27+,35-33+,41-39+. The average molecular weight is 927 g/mol. The molecule has 0 amide bonds. The number of carbonyl (C=O) groups excluding carboxylic acids is 2. The fourth-order valence-electron chi connectivity index (χ4n) is 7.94. The molecule has 382 valence electrons. The van der Waals surface area contributed by atoms with Crippen LogP contribution in [0.1, 0.15) is 239 Å². The number of nitrogens with zero attached hydrogens (tertiary/aromatic N) is 1. The van der Waals surface area contributed by atoms with E-state index in [0.717, 1.165) is 57.8 Å². The second-order valence-electron chi connectivity index (χ2n) is 19.5. The molecule has 66 heavy (non-hydrogen) atoms. The second kappa shape index (κ2) is 48.5. The van der Waals surface area contributed by atoms with Crippen LogP contribution in [0.15, 0.2) is 60.8 Å². The van der Waals surface area contributed by atoms with Gasteiger partial charge in [0.05, 0.1) is 34.4 Å². The van der Waals surface area contributed by atoms with Gasteiger partial charge in [0.1, 0.15) is 6.61 Å². The van der Waals surface area contributed by atoms with Crippen molar-refractivity contribution < 1.29 is 38.2 Å². The maximum atomic E-state index is 12.8. The summed E-state index contributed by atoms with van der Waals surface area (Å²) in [6.45, 7) is 4.69. The highest BCUT2D eigenvalue weighted by Gasteiger charge is 2.31. The zero-order valence-electron chi connectivity index (χ0n) is 43.6. The third-order valence-corrected chi connectivity index (χ3v) is 12.2.